The Morgan fingerprint density at radius 1 is 1.12 bits per heavy atom. The fraction of sp³-hybridized carbons (Fsp3) is 0.562. The number of carbonyl (C=O) groups is 1. The molecule has 8 nitrogen and oxygen atoms in total. The lowest BCUT2D eigenvalue weighted by molar-refractivity contribution is 0.0710. The Kier molecular flexibility index (Phi) is 6.26. The molecule has 0 spiro atoms. The van der Waals surface area contributed by atoms with Gasteiger partial charge in [0.15, 0.2) is 0 Å². The van der Waals surface area contributed by atoms with Gasteiger partial charge < -0.3 is 14.4 Å². The predicted octanol–water partition coefficient (Wildman–Crippen LogP) is 0.704. The van der Waals surface area contributed by atoms with E-state index in [0.717, 1.165) is 4.31 Å². The molecule has 1 N–H and O–H groups in total. The lowest BCUT2D eigenvalue weighted by Crippen LogP contribution is -2.49. The first-order valence-electron chi connectivity index (χ1n) is 7.99. The molecule has 1 saturated heterocycles. The zero-order chi connectivity index (χ0) is 18.6. The van der Waals surface area contributed by atoms with Crippen molar-refractivity contribution in [3.05, 3.63) is 23.8 Å². The molecule has 25 heavy (non-hydrogen) atoms. The molecule has 140 valence electrons. The number of benzene rings is 1. The van der Waals surface area contributed by atoms with Crippen molar-refractivity contribution in [2.24, 2.45) is 0 Å². The van der Waals surface area contributed by atoms with Gasteiger partial charge in [-0.1, -0.05) is 0 Å². The number of likely N-dealkylation sites (tertiary alicyclic amines) is 1. The Morgan fingerprint density at radius 2 is 1.64 bits per heavy atom. The molecule has 0 unspecified atom stereocenters. The van der Waals surface area contributed by atoms with E-state index in [0.29, 0.717) is 43.0 Å². The van der Waals surface area contributed by atoms with Gasteiger partial charge in [-0.05, 0) is 25.0 Å². The second-order valence-corrected chi connectivity index (χ2v) is 7.99. The van der Waals surface area contributed by atoms with Crippen LogP contribution in [-0.4, -0.2) is 71.0 Å². The molecule has 0 aliphatic carbocycles. The van der Waals surface area contributed by atoms with Gasteiger partial charge in [0, 0.05) is 44.9 Å². The van der Waals surface area contributed by atoms with Crippen molar-refractivity contribution in [2.75, 3.05) is 41.4 Å². The van der Waals surface area contributed by atoms with Crippen LogP contribution in [0.4, 0.5) is 0 Å². The first-order valence-corrected chi connectivity index (χ1v) is 9.43. The van der Waals surface area contributed by atoms with E-state index in [4.69, 9.17) is 9.47 Å². The molecule has 0 radical (unpaired) electrons. The predicted molar refractivity (Wildman–Crippen MR) is 94.2 cm³/mol. The summed E-state index contributed by atoms with van der Waals surface area (Å²) in [6.07, 6.45) is 1.14. The minimum atomic E-state index is -3.46. The first-order chi connectivity index (χ1) is 11.8. The highest BCUT2D eigenvalue weighted by molar-refractivity contribution is 7.87. The molecule has 0 bridgehead atoms. The van der Waals surface area contributed by atoms with Crippen LogP contribution in [0, 0.1) is 0 Å². The number of carbonyl (C=O) groups excluding carboxylic acids is 1. The Bertz CT molecular complexity index is 690. The van der Waals surface area contributed by atoms with Crippen LogP contribution in [0.2, 0.25) is 0 Å². The quantitative estimate of drug-likeness (QED) is 0.795. The zero-order valence-electron chi connectivity index (χ0n) is 15.0. The molecule has 2 rings (SSSR count). The highest BCUT2D eigenvalue weighted by Crippen LogP contribution is 2.24. The van der Waals surface area contributed by atoms with Crippen LogP contribution in [0.3, 0.4) is 0 Å². The summed E-state index contributed by atoms with van der Waals surface area (Å²) in [6, 6.07) is 4.88. The number of hydrogen-bond acceptors (Lipinski definition) is 5. The van der Waals surface area contributed by atoms with Crippen molar-refractivity contribution < 1.29 is 22.7 Å². The Balaban J connectivity index is 2.02. The largest absolute Gasteiger partial charge is 0.497 e. The smallest absolute Gasteiger partial charge is 0.279 e. The van der Waals surface area contributed by atoms with E-state index in [9.17, 15) is 13.2 Å². The number of methoxy groups -OCH3 is 2. The molecule has 1 aliphatic rings. The minimum absolute atomic E-state index is 0.119. The maximum atomic E-state index is 12.7. The number of hydrogen-bond donors (Lipinski definition) is 1. The molecule has 1 aromatic rings. The summed E-state index contributed by atoms with van der Waals surface area (Å²) in [5, 5.41) is 0. The van der Waals surface area contributed by atoms with Crippen LogP contribution >= 0.6 is 0 Å². The van der Waals surface area contributed by atoms with E-state index < -0.39 is 10.2 Å². The lowest BCUT2D eigenvalue weighted by Gasteiger charge is -2.32. The van der Waals surface area contributed by atoms with E-state index in [2.05, 4.69) is 4.72 Å². The van der Waals surface area contributed by atoms with Crippen molar-refractivity contribution in [1.29, 1.82) is 0 Å². The first kappa shape index (κ1) is 19.5. The van der Waals surface area contributed by atoms with Gasteiger partial charge in [0.1, 0.15) is 11.5 Å². The molecule has 1 aromatic carbocycles. The van der Waals surface area contributed by atoms with Crippen LogP contribution in [0.1, 0.15) is 23.2 Å². The van der Waals surface area contributed by atoms with Gasteiger partial charge in [0.05, 0.1) is 14.2 Å². The number of amides is 1. The van der Waals surface area contributed by atoms with Gasteiger partial charge in [0.25, 0.3) is 16.1 Å². The molecule has 9 heteroatoms. The summed E-state index contributed by atoms with van der Waals surface area (Å²) in [7, 11) is 2.57. The molecule has 0 atom stereocenters. The van der Waals surface area contributed by atoms with Crippen LogP contribution in [0.25, 0.3) is 0 Å². The van der Waals surface area contributed by atoms with Gasteiger partial charge in [-0.2, -0.15) is 17.4 Å². The van der Waals surface area contributed by atoms with Gasteiger partial charge in [-0.25, -0.2) is 0 Å². The third-order valence-corrected chi connectivity index (χ3v) is 5.77. The molecule has 1 fully saturated rings. The van der Waals surface area contributed by atoms with Crippen LogP contribution in [-0.2, 0) is 10.2 Å². The maximum absolute atomic E-state index is 12.7. The van der Waals surface area contributed by atoms with Crippen molar-refractivity contribution in [3.63, 3.8) is 0 Å². The highest BCUT2D eigenvalue weighted by Gasteiger charge is 2.27. The normalized spacial score (nSPS) is 16.1. The summed E-state index contributed by atoms with van der Waals surface area (Å²) < 4.78 is 38.0. The van der Waals surface area contributed by atoms with Crippen molar-refractivity contribution >= 4 is 16.1 Å². The summed E-state index contributed by atoms with van der Waals surface area (Å²) in [4.78, 5) is 14.4. The molecule has 1 aliphatic heterocycles. The molecule has 0 aromatic heterocycles. The Hall–Kier alpha value is -1.84. The zero-order valence-corrected chi connectivity index (χ0v) is 15.8. The fourth-order valence-corrected chi connectivity index (χ4v) is 3.50. The lowest BCUT2D eigenvalue weighted by atomic mass is 10.0. The van der Waals surface area contributed by atoms with Gasteiger partial charge in [-0.15, -0.1) is 0 Å². The number of nitrogens with one attached hydrogen (secondary N) is 1. The standard InChI is InChI=1S/C16H25N3O5S/c1-18(2)25(21,22)17-13-5-7-19(8-6-13)16(20)12-9-14(23-3)11-15(10-12)24-4/h9-11,13,17H,5-8H2,1-4H3. The average Bonchev–Trinajstić information content (AvgIpc) is 2.60. The molecule has 1 heterocycles. The summed E-state index contributed by atoms with van der Waals surface area (Å²) in [6.45, 7) is 0.970. The summed E-state index contributed by atoms with van der Waals surface area (Å²) in [5.74, 6) is 0.985. The number of piperidine rings is 1. The van der Waals surface area contributed by atoms with Gasteiger partial charge >= 0.3 is 0 Å². The van der Waals surface area contributed by atoms with Gasteiger partial charge in [-0.3, -0.25) is 4.79 Å². The molecule has 1 amide bonds. The van der Waals surface area contributed by atoms with E-state index in [1.165, 1.54) is 28.3 Å². The Labute approximate surface area is 148 Å². The van der Waals surface area contributed by atoms with Crippen LogP contribution < -0.4 is 14.2 Å². The van der Waals surface area contributed by atoms with Crippen molar-refractivity contribution in [1.82, 2.24) is 13.9 Å². The maximum Gasteiger partial charge on any atom is 0.279 e. The monoisotopic (exact) mass is 371 g/mol. The summed E-state index contributed by atoms with van der Waals surface area (Å²) in [5.41, 5.74) is 0.489. The second kappa shape index (κ2) is 8.03. The SMILES string of the molecule is COc1cc(OC)cc(C(=O)N2CCC(NS(=O)(=O)N(C)C)CC2)c1. The van der Waals surface area contributed by atoms with E-state index in [1.54, 1.807) is 23.1 Å². The Morgan fingerprint density at radius 3 is 2.08 bits per heavy atom. The highest BCUT2D eigenvalue weighted by atomic mass is 32.2. The van der Waals surface area contributed by atoms with Crippen LogP contribution in [0.15, 0.2) is 18.2 Å². The molecular formula is C16H25N3O5S. The second-order valence-electron chi connectivity index (χ2n) is 6.07. The number of rotatable bonds is 6. The van der Waals surface area contributed by atoms with E-state index >= 15 is 0 Å². The molecular weight excluding hydrogens is 346 g/mol. The topological polar surface area (TPSA) is 88.2 Å². The third kappa shape index (κ3) is 4.83. The average molecular weight is 371 g/mol. The third-order valence-electron chi connectivity index (χ3n) is 4.18. The van der Waals surface area contributed by atoms with E-state index in [-0.39, 0.29) is 11.9 Å². The van der Waals surface area contributed by atoms with Crippen molar-refractivity contribution in [2.45, 2.75) is 18.9 Å². The minimum Gasteiger partial charge on any atom is -0.497 e. The molecule has 0 saturated carbocycles. The fourth-order valence-electron chi connectivity index (χ4n) is 2.63. The van der Waals surface area contributed by atoms with Gasteiger partial charge in [0.2, 0.25) is 0 Å². The number of ether oxygens (including phenoxy) is 2. The summed E-state index contributed by atoms with van der Waals surface area (Å²) >= 11 is 0. The van der Waals surface area contributed by atoms with Crippen LogP contribution in [0.5, 0.6) is 11.5 Å². The van der Waals surface area contributed by atoms with Crippen molar-refractivity contribution in [3.8, 4) is 11.5 Å². The van der Waals surface area contributed by atoms with E-state index in [1.807, 2.05) is 0 Å². The number of nitrogens with zero attached hydrogens (tertiary/aromatic N) is 2.